The zero-order valence-corrected chi connectivity index (χ0v) is 16.9. The number of rotatable bonds is 7. The van der Waals surface area contributed by atoms with Crippen LogP contribution in [0.1, 0.15) is 12.0 Å². The van der Waals surface area contributed by atoms with Gasteiger partial charge >= 0.3 is 0 Å². The normalized spacial score (nSPS) is 11.0. The molecule has 0 aliphatic carbocycles. The van der Waals surface area contributed by atoms with Crippen molar-refractivity contribution in [1.29, 1.82) is 0 Å². The fraction of sp³-hybridized carbons (Fsp3) is 0.263. The standard InChI is InChI=1S/C19H19ClF2N4OS/c1-11-13(4-5-14-17(11)19(27)26(2)10-23-14)24-15-8-12(22)9-16(18(15)20)25-28-7-3-6-21/h4-5,8-10,24-25H,3,6-7H2,1-2H3. The predicted octanol–water partition coefficient (Wildman–Crippen LogP) is 5.20. The van der Waals surface area contributed by atoms with E-state index < -0.39 is 12.5 Å². The highest BCUT2D eigenvalue weighted by molar-refractivity contribution is 8.00. The molecule has 28 heavy (non-hydrogen) atoms. The van der Waals surface area contributed by atoms with E-state index in [9.17, 15) is 13.6 Å². The maximum Gasteiger partial charge on any atom is 0.261 e. The Balaban J connectivity index is 1.95. The molecule has 1 heterocycles. The lowest BCUT2D eigenvalue weighted by atomic mass is 10.1. The molecule has 0 saturated heterocycles. The van der Waals surface area contributed by atoms with Crippen molar-refractivity contribution in [3.63, 3.8) is 0 Å². The lowest BCUT2D eigenvalue weighted by Gasteiger charge is -2.16. The molecule has 0 fully saturated rings. The van der Waals surface area contributed by atoms with Gasteiger partial charge in [-0.1, -0.05) is 23.5 Å². The van der Waals surface area contributed by atoms with E-state index in [0.717, 1.165) is 0 Å². The Bertz CT molecular complexity index is 1070. The van der Waals surface area contributed by atoms with Gasteiger partial charge in [-0.2, -0.15) is 0 Å². The molecule has 0 unspecified atom stereocenters. The van der Waals surface area contributed by atoms with Crippen LogP contribution in [0, 0.1) is 12.7 Å². The lowest BCUT2D eigenvalue weighted by molar-refractivity contribution is 0.489. The summed E-state index contributed by atoms with van der Waals surface area (Å²) in [6, 6.07) is 6.06. The molecular weight excluding hydrogens is 406 g/mol. The van der Waals surface area contributed by atoms with Crippen molar-refractivity contribution in [3.8, 4) is 0 Å². The maximum atomic E-state index is 14.1. The molecule has 3 aromatic rings. The Kier molecular flexibility index (Phi) is 6.41. The van der Waals surface area contributed by atoms with Gasteiger partial charge in [0, 0.05) is 18.5 Å². The number of nitrogens with one attached hydrogen (secondary N) is 2. The number of hydrogen-bond donors (Lipinski definition) is 2. The number of alkyl halides is 1. The second kappa shape index (κ2) is 8.79. The van der Waals surface area contributed by atoms with Crippen LogP contribution in [0.5, 0.6) is 0 Å². The van der Waals surface area contributed by atoms with E-state index >= 15 is 0 Å². The van der Waals surface area contributed by atoms with E-state index in [1.807, 2.05) is 0 Å². The Morgan fingerprint density at radius 2 is 2.00 bits per heavy atom. The Morgan fingerprint density at radius 3 is 2.75 bits per heavy atom. The number of benzene rings is 2. The Morgan fingerprint density at radius 1 is 1.25 bits per heavy atom. The number of hydrogen-bond acceptors (Lipinski definition) is 5. The minimum Gasteiger partial charge on any atom is -0.354 e. The Labute approximate surface area is 170 Å². The second-order valence-corrected chi connectivity index (χ2v) is 7.50. The van der Waals surface area contributed by atoms with Crippen LogP contribution in [0.15, 0.2) is 35.4 Å². The van der Waals surface area contributed by atoms with Gasteiger partial charge in [0.15, 0.2) is 0 Å². The molecule has 2 aromatic carbocycles. The molecule has 9 heteroatoms. The Hall–Kier alpha value is -2.32. The monoisotopic (exact) mass is 424 g/mol. The zero-order valence-electron chi connectivity index (χ0n) is 15.4. The van der Waals surface area contributed by atoms with Crippen molar-refractivity contribution in [2.45, 2.75) is 13.3 Å². The highest BCUT2D eigenvalue weighted by atomic mass is 35.5. The van der Waals surface area contributed by atoms with E-state index in [0.29, 0.717) is 50.7 Å². The molecule has 0 spiro atoms. The van der Waals surface area contributed by atoms with E-state index in [4.69, 9.17) is 11.6 Å². The smallest absolute Gasteiger partial charge is 0.261 e. The first-order chi connectivity index (χ1) is 13.4. The van der Waals surface area contributed by atoms with Gasteiger partial charge in [-0.15, -0.1) is 0 Å². The molecule has 0 amide bonds. The molecule has 148 valence electrons. The average Bonchev–Trinajstić information content (AvgIpc) is 2.67. The van der Waals surface area contributed by atoms with Crippen molar-refractivity contribution in [2.24, 2.45) is 7.05 Å². The second-order valence-electron chi connectivity index (χ2n) is 6.23. The molecule has 0 atom stereocenters. The van der Waals surface area contributed by atoms with Crippen molar-refractivity contribution < 1.29 is 8.78 Å². The number of halogens is 3. The van der Waals surface area contributed by atoms with Crippen LogP contribution in [-0.4, -0.2) is 22.0 Å². The summed E-state index contributed by atoms with van der Waals surface area (Å²) in [6.45, 7) is 1.39. The SMILES string of the molecule is Cc1c(Nc2cc(F)cc(NSCCCF)c2Cl)ccc2ncn(C)c(=O)c12. The number of aryl methyl sites for hydroxylation is 2. The number of anilines is 3. The van der Waals surface area contributed by atoms with Crippen LogP contribution < -0.4 is 15.6 Å². The first kappa shape index (κ1) is 20.4. The summed E-state index contributed by atoms with van der Waals surface area (Å²) >= 11 is 7.67. The molecule has 0 radical (unpaired) electrons. The number of aromatic nitrogens is 2. The molecule has 0 aliphatic rings. The van der Waals surface area contributed by atoms with Gasteiger partial charge in [0.05, 0.1) is 40.3 Å². The van der Waals surface area contributed by atoms with Crippen LogP contribution in [0.25, 0.3) is 10.9 Å². The minimum absolute atomic E-state index is 0.164. The van der Waals surface area contributed by atoms with Crippen molar-refractivity contribution in [1.82, 2.24) is 9.55 Å². The summed E-state index contributed by atoms with van der Waals surface area (Å²) in [5.41, 5.74) is 2.49. The summed E-state index contributed by atoms with van der Waals surface area (Å²) in [7, 11) is 1.64. The summed E-state index contributed by atoms with van der Waals surface area (Å²) in [6.07, 6.45) is 1.87. The van der Waals surface area contributed by atoms with Gasteiger partial charge < -0.3 is 14.6 Å². The van der Waals surface area contributed by atoms with E-state index in [1.54, 1.807) is 26.1 Å². The topological polar surface area (TPSA) is 59.0 Å². The van der Waals surface area contributed by atoms with Crippen molar-refractivity contribution in [2.75, 3.05) is 22.5 Å². The van der Waals surface area contributed by atoms with Gasteiger partial charge in [-0.05, 0) is 43.2 Å². The molecule has 1 aromatic heterocycles. The van der Waals surface area contributed by atoms with Gasteiger partial charge in [0.1, 0.15) is 5.82 Å². The van der Waals surface area contributed by atoms with Gasteiger partial charge in [0.25, 0.3) is 5.56 Å². The minimum atomic E-state index is -0.475. The first-order valence-electron chi connectivity index (χ1n) is 8.57. The summed E-state index contributed by atoms with van der Waals surface area (Å²) in [5, 5.41) is 3.89. The molecule has 2 N–H and O–H groups in total. The highest BCUT2D eigenvalue weighted by Gasteiger charge is 2.14. The van der Waals surface area contributed by atoms with Crippen LogP contribution in [0.3, 0.4) is 0 Å². The quantitative estimate of drug-likeness (QED) is 0.403. The predicted molar refractivity (Wildman–Crippen MR) is 113 cm³/mol. The summed E-state index contributed by atoms with van der Waals surface area (Å²) in [4.78, 5) is 16.7. The highest BCUT2D eigenvalue weighted by Crippen LogP contribution is 2.36. The number of nitrogens with zero attached hydrogens (tertiary/aromatic N) is 2. The van der Waals surface area contributed by atoms with Crippen molar-refractivity contribution >= 4 is 51.5 Å². The summed E-state index contributed by atoms with van der Waals surface area (Å²) < 4.78 is 30.6. The zero-order chi connectivity index (χ0) is 20.3. The number of fused-ring (bicyclic) bond motifs is 1. The van der Waals surface area contributed by atoms with Crippen LogP contribution in [-0.2, 0) is 7.05 Å². The van der Waals surface area contributed by atoms with Gasteiger partial charge in [-0.25, -0.2) is 9.37 Å². The molecule has 0 aliphatic heterocycles. The van der Waals surface area contributed by atoms with Crippen molar-refractivity contribution in [3.05, 3.63) is 57.3 Å². The van der Waals surface area contributed by atoms with Gasteiger partial charge in [-0.3, -0.25) is 9.18 Å². The molecule has 0 bridgehead atoms. The lowest BCUT2D eigenvalue weighted by Crippen LogP contribution is -2.18. The van der Waals surface area contributed by atoms with Crippen LogP contribution in [0.4, 0.5) is 25.8 Å². The summed E-state index contributed by atoms with van der Waals surface area (Å²) in [5.74, 6) is 0.0585. The fourth-order valence-corrected chi connectivity index (χ4v) is 3.67. The molecular formula is C19H19ClF2N4OS. The first-order valence-corrected chi connectivity index (χ1v) is 9.93. The van der Waals surface area contributed by atoms with E-state index in [2.05, 4.69) is 15.0 Å². The maximum absolute atomic E-state index is 14.1. The third-order valence-corrected chi connectivity index (χ3v) is 5.48. The van der Waals surface area contributed by atoms with E-state index in [-0.39, 0.29) is 5.56 Å². The van der Waals surface area contributed by atoms with Gasteiger partial charge in [0.2, 0.25) is 0 Å². The van der Waals surface area contributed by atoms with Crippen LogP contribution in [0.2, 0.25) is 5.02 Å². The molecule has 5 nitrogen and oxygen atoms in total. The van der Waals surface area contributed by atoms with E-state index in [1.165, 1.54) is 35.0 Å². The third kappa shape index (κ3) is 4.23. The van der Waals surface area contributed by atoms with Crippen LogP contribution >= 0.6 is 23.5 Å². The third-order valence-electron chi connectivity index (χ3n) is 4.22. The fourth-order valence-electron chi connectivity index (χ4n) is 2.74. The largest absolute Gasteiger partial charge is 0.354 e. The molecule has 0 saturated carbocycles. The average molecular weight is 425 g/mol. The molecule has 3 rings (SSSR count).